The van der Waals surface area contributed by atoms with Crippen molar-refractivity contribution in [1.29, 1.82) is 0 Å². The highest BCUT2D eigenvalue weighted by Crippen LogP contribution is 2.48. The molecule has 0 bridgehead atoms. The summed E-state index contributed by atoms with van der Waals surface area (Å²) in [5.41, 5.74) is 1.19. The van der Waals surface area contributed by atoms with Crippen molar-refractivity contribution in [2.75, 3.05) is 27.7 Å². The van der Waals surface area contributed by atoms with Crippen LogP contribution < -0.4 is 0 Å². The second-order valence-electron chi connectivity index (χ2n) is 5.49. The first-order valence-corrected chi connectivity index (χ1v) is 7.40. The molecule has 20 heavy (non-hydrogen) atoms. The molecule has 0 aromatic heterocycles. The van der Waals surface area contributed by atoms with Gasteiger partial charge in [-0.15, -0.1) is 0 Å². The van der Waals surface area contributed by atoms with Crippen LogP contribution in [0.3, 0.4) is 0 Å². The van der Waals surface area contributed by atoms with Gasteiger partial charge in [-0.05, 0) is 30.0 Å². The van der Waals surface area contributed by atoms with Crippen molar-refractivity contribution in [3.05, 3.63) is 34.3 Å². The van der Waals surface area contributed by atoms with E-state index in [1.807, 2.05) is 18.2 Å². The highest BCUT2D eigenvalue weighted by atomic mass is 79.9. The molecule has 0 spiro atoms. The van der Waals surface area contributed by atoms with E-state index in [1.165, 1.54) is 15.4 Å². The van der Waals surface area contributed by atoms with E-state index >= 15 is 0 Å². The van der Waals surface area contributed by atoms with Crippen molar-refractivity contribution in [2.45, 2.75) is 12.3 Å². The van der Waals surface area contributed by atoms with Crippen molar-refractivity contribution < 1.29 is 9.59 Å². The number of rotatable bonds is 4. The van der Waals surface area contributed by atoms with Gasteiger partial charge in [0.2, 0.25) is 11.8 Å². The fourth-order valence-corrected chi connectivity index (χ4v) is 2.70. The third-order valence-electron chi connectivity index (χ3n) is 3.63. The maximum atomic E-state index is 12.3. The number of hydrogen-bond donors (Lipinski definition) is 0. The van der Waals surface area contributed by atoms with Crippen LogP contribution in [-0.4, -0.2) is 49.3 Å². The van der Waals surface area contributed by atoms with Gasteiger partial charge in [0.25, 0.3) is 0 Å². The van der Waals surface area contributed by atoms with Gasteiger partial charge in [-0.1, -0.05) is 28.1 Å². The Hall–Kier alpha value is -1.36. The van der Waals surface area contributed by atoms with Gasteiger partial charge in [-0.25, -0.2) is 0 Å². The van der Waals surface area contributed by atoms with Gasteiger partial charge in [0.1, 0.15) is 0 Å². The normalized spacial score (nSPS) is 20.4. The van der Waals surface area contributed by atoms with Crippen LogP contribution in [0.25, 0.3) is 0 Å². The molecule has 0 heterocycles. The maximum Gasteiger partial charge on any atom is 0.241 e. The molecular formula is C15H19BrN2O2. The summed E-state index contributed by atoms with van der Waals surface area (Å²) in [6.45, 7) is 0.146. The average Bonchev–Trinajstić information content (AvgIpc) is 3.17. The zero-order valence-electron chi connectivity index (χ0n) is 12.0. The topological polar surface area (TPSA) is 40.6 Å². The molecule has 1 saturated carbocycles. The van der Waals surface area contributed by atoms with E-state index < -0.39 is 0 Å². The number of amides is 2. The van der Waals surface area contributed by atoms with Gasteiger partial charge in [0, 0.05) is 31.5 Å². The first kappa shape index (κ1) is 15.0. The Morgan fingerprint density at radius 2 is 2.00 bits per heavy atom. The molecule has 2 amide bonds. The molecule has 0 N–H and O–H groups in total. The van der Waals surface area contributed by atoms with Crippen molar-refractivity contribution >= 4 is 27.7 Å². The van der Waals surface area contributed by atoms with Crippen LogP contribution in [0.4, 0.5) is 0 Å². The van der Waals surface area contributed by atoms with Crippen molar-refractivity contribution in [2.24, 2.45) is 5.92 Å². The number of halogens is 1. The molecule has 0 aliphatic heterocycles. The van der Waals surface area contributed by atoms with Crippen LogP contribution in [-0.2, 0) is 9.59 Å². The Bertz CT molecular complexity index is 530. The highest BCUT2D eigenvalue weighted by molar-refractivity contribution is 9.10. The first-order valence-electron chi connectivity index (χ1n) is 6.60. The molecule has 5 heteroatoms. The maximum absolute atomic E-state index is 12.3. The average molecular weight is 339 g/mol. The zero-order chi connectivity index (χ0) is 14.9. The quantitative estimate of drug-likeness (QED) is 0.843. The highest BCUT2D eigenvalue weighted by Gasteiger charge is 2.45. The molecule has 1 aromatic carbocycles. The fraction of sp³-hybridized carbons (Fsp3) is 0.467. The predicted octanol–water partition coefficient (Wildman–Crippen LogP) is 2.10. The lowest BCUT2D eigenvalue weighted by atomic mass is 10.1. The monoisotopic (exact) mass is 338 g/mol. The van der Waals surface area contributed by atoms with Crippen LogP contribution in [0.2, 0.25) is 0 Å². The van der Waals surface area contributed by atoms with Crippen molar-refractivity contribution in [3.63, 3.8) is 0 Å². The van der Waals surface area contributed by atoms with Crippen LogP contribution >= 0.6 is 15.9 Å². The van der Waals surface area contributed by atoms with Gasteiger partial charge < -0.3 is 9.80 Å². The second kappa shape index (κ2) is 5.95. The Labute approximate surface area is 127 Å². The van der Waals surface area contributed by atoms with E-state index in [0.29, 0.717) is 0 Å². The third kappa shape index (κ3) is 3.39. The molecule has 1 aliphatic rings. The Balaban J connectivity index is 1.94. The molecule has 1 aliphatic carbocycles. The van der Waals surface area contributed by atoms with E-state index in [2.05, 4.69) is 22.0 Å². The predicted molar refractivity (Wildman–Crippen MR) is 81.3 cm³/mol. The van der Waals surface area contributed by atoms with Gasteiger partial charge >= 0.3 is 0 Å². The smallest absolute Gasteiger partial charge is 0.241 e. The van der Waals surface area contributed by atoms with Crippen LogP contribution in [0, 0.1) is 5.92 Å². The zero-order valence-corrected chi connectivity index (χ0v) is 13.6. The molecule has 2 atom stereocenters. The number of likely N-dealkylation sites (N-methyl/N-ethyl adjacent to an activating group) is 2. The number of benzene rings is 1. The Morgan fingerprint density at radius 3 is 2.60 bits per heavy atom. The molecule has 4 nitrogen and oxygen atoms in total. The summed E-state index contributed by atoms with van der Waals surface area (Å²) in [4.78, 5) is 26.9. The standard InChI is InChI=1S/C15H19BrN2O2/c1-17(2)14(19)9-18(3)15(20)13-8-12(13)10-5-4-6-11(16)7-10/h4-7,12-13H,8-9H2,1-3H3/t12-,13+/m0/s1. The summed E-state index contributed by atoms with van der Waals surface area (Å²) in [5.74, 6) is 0.312. The number of carbonyl (C=O) groups is 2. The van der Waals surface area contributed by atoms with Crippen LogP contribution in [0.5, 0.6) is 0 Å². The Morgan fingerprint density at radius 1 is 1.30 bits per heavy atom. The largest absolute Gasteiger partial charge is 0.347 e. The third-order valence-corrected chi connectivity index (χ3v) is 4.13. The molecule has 0 radical (unpaired) electrons. The van der Waals surface area contributed by atoms with E-state index in [4.69, 9.17) is 0 Å². The summed E-state index contributed by atoms with van der Waals surface area (Å²) in [7, 11) is 5.09. The van der Waals surface area contributed by atoms with Crippen molar-refractivity contribution in [3.8, 4) is 0 Å². The molecule has 108 valence electrons. The van der Waals surface area contributed by atoms with E-state index in [9.17, 15) is 9.59 Å². The first-order chi connectivity index (χ1) is 9.40. The summed E-state index contributed by atoms with van der Waals surface area (Å²) >= 11 is 3.45. The molecular weight excluding hydrogens is 320 g/mol. The number of nitrogens with zero attached hydrogens (tertiary/aromatic N) is 2. The van der Waals surface area contributed by atoms with Crippen LogP contribution in [0.1, 0.15) is 17.9 Å². The lowest BCUT2D eigenvalue weighted by molar-refractivity contribution is -0.138. The minimum Gasteiger partial charge on any atom is -0.347 e. The second-order valence-corrected chi connectivity index (χ2v) is 6.40. The fourth-order valence-electron chi connectivity index (χ4n) is 2.28. The molecule has 1 aromatic rings. The van der Waals surface area contributed by atoms with Crippen molar-refractivity contribution in [1.82, 2.24) is 9.80 Å². The number of hydrogen-bond acceptors (Lipinski definition) is 2. The summed E-state index contributed by atoms with van der Waals surface area (Å²) in [6.07, 6.45) is 0.871. The number of carbonyl (C=O) groups excluding carboxylic acids is 2. The Kier molecular flexibility index (Phi) is 4.48. The lowest BCUT2D eigenvalue weighted by Gasteiger charge is -2.19. The van der Waals surface area contributed by atoms with Gasteiger partial charge in [-0.2, -0.15) is 0 Å². The lowest BCUT2D eigenvalue weighted by Crippen LogP contribution is -2.38. The molecule has 2 rings (SSSR count). The molecule has 1 fully saturated rings. The SMILES string of the molecule is CN(C)C(=O)CN(C)C(=O)[C@@H]1C[C@H]1c1cccc(Br)c1. The summed E-state index contributed by atoms with van der Waals surface area (Å²) < 4.78 is 1.03. The van der Waals surface area contributed by atoms with Gasteiger partial charge in [0.05, 0.1) is 6.54 Å². The van der Waals surface area contributed by atoms with E-state index in [-0.39, 0.29) is 30.2 Å². The molecule has 0 saturated heterocycles. The summed E-state index contributed by atoms with van der Waals surface area (Å²) in [6, 6.07) is 8.07. The van der Waals surface area contributed by atoms with E-state index in [0.717, 1.165) is 10.9 Å². The van der Waals surface area contributed by atoms with Gasteiger partial charge in [0.15, 0.2) is 0 Å². The minimum absolute atomic E-state index is 0.0178. The van der Waals surface area contributed by atoms with Crippen LogP contribution in [0.15, 0.2) is 28.7 Å². The van der Waals surface area contributed by atoms with Gasteiger partial charge in [-0.3, -0.25) is 9.59 Å². The molecule has 0 unspecified atom stereocenters. The summed E-state index contributed by atoms with van der Waals surface area (Å²) in [5, 5.41) is 0. The minimum atomic E-state index is -0.0551. The van der Waals surface area contributed by atoms with E-state index in [1.54, 1.807) is 21.1 Å².